The number of halogens is 1. The van der Waals surface area contributed by atoms with Gasteiger partial charge in [-0.25, -0.2) is 0 Å². The standard InChI is InChI=1S/C14H16ClNO/c15-12-7-5-10(6-8-12)13(9-1-2-9)16-14(17)11-3-4-11/h5-9,11,13H,1-4H2,(H,16,17). The predicted octanol–water partition coefficient (Wildman–Crippen LogP) is 3.32. The Morgan fingerprint density at radius 1 is 1.18 bits per heavy atom. The fourth-order valence-corrected chi connectivity index (χ4v) is 2.32. The lowest BCUT2D eigenvalue weighted by Gasteiger charge is -2.18. The molecule has 1 aromatic rings. The molecule has 2 fully saturated rings. The maximum Gasteiger partial charge on any atom is 0.223 e. The van der Waals surface area contributed by atoms with E-state index in [0.717, 1.165) is 17.9 Å². The van der Waals surface area contributed by atoms with E-state index in [1.807, 2.05) is 24.3 Å². The third-order valence-electron chi connectivity index (χ3n) is 3.57. The Hall–Kier alpha value is -1.02. The molecule has 0 spiro atoms. The molecule has 2 nitrogen and oxygen atoms in total. The van der Waals surface area contributed by atoms with Crippen molar-refractivity contribution >= 4 is 17.5 Å². The van der Waals surface area contributed by atoms with Gasteiger partial charge in [-0.15, -0.1) is 0 Å². The molecule has 3 rings (SSSR count). The first kappa shape index (κ1) is 11.1. The Morgan fingerprint density at radius 2 is 1.82 bits per heavy atom. The molecule has 0 radical (unpaired) electrons. The molecule has 90 valence electrons. The number of hydrogen-bond acceptors (Lipinski definition) is 1. The Balaban J connectivity index is 1.74. The zero-order chi connectivity index (χ0) is 11.8. The highest BCUT2D eigenvalue weighted by atomic mass is 35.5. The van der Waals surface area contributed by atoms with E-state index in [0.29, 0.717) is 5.92 Å². The predicted molar refractivity (Wildman–Crippen MR) is 67.8 cm³/mol. The number of hydrogen-bond donors (Lipinski definition) is 1. The molecule has 0 aliphatic heterocycles. The lowest BCUT2D eigenvalue weighted by atomic mass is 10.0. The third-order valence-corrected chi connectivity index (χ3v) is 3.82. The Kier molecular flexibility index (Phi) is 2.83. The molecule has 1 atom stereocenters. The maximum atomic E-state index is 11.9. The first-order valence-electron chi connectivity index (χ1n) is 6.30. The van der Waals surface area contributed by atoms with Crippen molar-refractivity contribution in [3.05, 3.63) is 34.9 Å². The van der Waals surface area contributed by atoms with Gasteiger partial charge in [-0.1, -0.05) is 23.7 Å². The molecule has 0 saturated heterocycles. The Morgan fingerprint density at radius 3 is 2.35 bits per heavy atom. The van der Waals surface area contributed by atoms with Crippen LogP contribution in [0.15, 0.2) is 24.3 Å². The summed E-state index contributed by atoms with van der Waals surface area (Å²) in [5.41, 5.74) is 1.19. The quantitative estimate of drug-likeness (QED) is 0.872. The van der Waals surface area contributed by atoms with Crippen LogP contribution in [0.3, 0.4) is 0 Å². The van der Waals surface area contributed by atoms with Gasteiger partial charge in [0.1, 0.15) is 0 Å². The molecule has 2 aliphatic rings. The van der Waals surface area contributed by atoms with Gasteiger partial charge in [0.25, 0.3) is 0 Å². The van der Waals surface area contributed by atoms with Crippen LogP contribution in [0, 0.1) is 11.8 Å². The largest absolute Gasteiger partial charge is 0.349 e. The van der Waals surface area contributed by atoms with Crippen LogP contribution in [0.4, 0.5) is 0 Å². The molecule has 2 saturated carbocycles. The van der Waals surface area contributed by atoms with Crippen molar-refractivity contribution in [2.45, 2.75) is 31.7 Å². The number of carbonyl (C=O) groups is 1. The van der Waals surface area contributed by atoms with Crippen molar-refractivity contribution in [2.24, 2.45) is 11.8 Å². The van der Waals surface area contributed by atoms with E-state index in [-0.39, 0.29) is 17.9 Å². The summed E-state index contributed by atoms with van der Waals surface area (Å²) in [5, 5.41) is 3.94. The second-order valence-electron chi connectivity index (χ2n) is 5.15. The lowest BCUT2D eigenvalue weighted by Crippen LogP contribution is -2.30. The zero-order valence-electron chi connectivity index (χ0n) is 9.66. The molecule has 1 unspecified atom stereocenters. The van der Waals surface area contributed by atoms with Gasteiger partial charge in [0.05, 0.1) is 6.04 Å². The van der Waals surface area contributed by atoms with Crippen LogP contribution >= 0.6 is 11.6 Å². The average Bonchev–Trinajstić information content (AvgIpc) is 3.18. The van der Waals surface area contributed by atoms with Crippen molar-refractivity contribution in [1.29, 1.82) is 0 Å². The van der Waals surface area contributed by atoms with Crippen LogP contribution in [0.5, 0.6) is 0 Å². The van der Waals surface area contributed by atoms with Crippen molar-refractivity contribution in [3.63, 3.8) is 0 Å². The molecular formula is C14H16ClNO. The zero-order valence-corrected chi connectivity index (χ0v) is 10.4. The summed E-state index contributed by atoms with van der Waals surface area (Å²) >= 11 is 5.89. The van der Waals surface area contributed by atoms with Gasteiger partial charge in [-0.3, -0.25) is 4.79 Å². The summed E-state index contributed by atoms with van der Waals surface area (Å²) in [5.74, 6) is 1.14. The summed E-state index contributed by atoms with van der Waals surface area (Å²) in [6.45, 7) is 0. The van der Waals surface area contributed by atoms with Crippen LogP contribution in [-0.4, -0.2) is 5.91 Å². The van der Waals surface area contributed by atoms with E-state index >= 15 is 0 Å². The Labute approximate surface area is 106 Å². The smallest absolute Gasteiger partial charge is 0.223 e. The first-order valence-corrected chi connectivity index (χ1v) is 6.67. The number of rotatable bonds is 4. The van der Waals surface area contributed by atoms with Crippen LogP contribution in [0.25, 0.3) is 0 Å². The highest BCUT2D eigenvalue weighted by Crippen LogP contribution is 2.42. The number of amides is 1. The first-order chi connectivity index (χ1) is 8.24. The molecule has 0 bridgehead atoms. The van der Waals surface area contributed by atoms with Gasteiger partial charge in [0.15, 0.2) is 0 Å². The fraction of sp³-hybridized carbons (Fsp3) is 0.500. The topological polar surface area (TPSA) is 29.1 Å². The van der Waals surface area contributed by atoms with Crippen LogP contribution < -0.4 is 5.32 Å². The molecular weight excluding hydrogens is 234 g/mol. The van der Waals surface area contributed by atoms with Crippen LogP contribution in [0.2, 0.25) is 5.02 Å². The SMILES string of the molecule is O=C(NC(c1ccc(Cl)cc1)C1CC1)C1CC1. The van der Waals surface area contributed by atoms with Crippen molar-refractivity contribution < 1.29 is 4.79 Å². The third kappa shape index (κ3) is 2.63. The van der Waals surface area contributed by atoms with Gasteiger partial charge in [-0.2, -0.15) is 0 Å². The minimum atomic E-state index is 0.195. The van der Waals surface area contributed by atoms with Crippen molar-refractivity contribution in [3.8, 4) is 0 Å². The molecule has 3 heteroatoms. The van der Waals surface area contributed by atoms with E-state index in [1.54, 1.807) is 0 Å². The number of carbonyl (C=O) groups excluding carboxylic acids is 1. The minimum absolute atomic E-state index is 0.195. The summed E-state index contributed by atoms with van der Waals surface area (Å²) in [4.78, 5) is 11.9. The second kappa shape index (κ2) is 4.34. The number of nitrogens with one attached hydrogen (secondary N) is 1. The summed E-state index contributed by atoms with van der Waals surface area (Å²) < 4.78 is 0. The molecule has 1 aromatic carbocycles. The molecule has 1 amide bonds. The van der Waals surface area contributed by atoms with Gasteiger partial charge < -0.3 is 5.32 Å². The minimum Gasteiger partial charge on any atom is -0.349 e. The van der Waals surface area contributed by atoms with Crippen LogP contribution in [-0.2, 0) is 4.79 Å². The van der Waals surface area contributed by atoms with Gasteiger partial charge in [0.2, 0.25) is 5.91 Å². The Bertz CT molecular complexity index is 420. The van der Waals surface area contributed by atoms with E-state index in [4.69, 9.17) is 11.6 Å². The van der Waals surface area contributed by atoms with Gasteiger partial charge in [0, 0.05) is 10.9 Å². The van der Waals surface area contributed by atoms with Crippen molar-refractivity contribution in [1.82, 2.24) is 5.32 Å². The summed E-state index contributed by atoms with van der Waals surface area (Å²) in [6.07, 6.45) is 4.56. The van der Waals surface area contributed by atoms with E-state index < -0.39 is 0 Å². The molecule has 0 aromatic heterocycles. The molecule has 17 heavy (non-hydrogen) atoms. The second-order valence-corrected chi connectivity index (χ2v) is 5.59. The molecule has 2 aliphatic carbocycles. The highest BCUT2D eigenvalue weighted by Gasteiger charge is 2.37. The van der Waals surface area contributed by atoms with Crippen molar-refractivity contribution in [2.75, 3.05) is 0 Å². The molecule has 0 heterocycles. The van der Waals surface area contributed by atoms with E-state index in [2.05, 4.69) is 5.32 Å². The molecule has 1 N–H and O–H groups in total. The summed E-state index contributed by atoms with van der Waals surface area (Å²) in [6, 6.07) is 8.04. The maximum absolute atomic E-state index is 11.9. The number of benzene rings is 1. The van der Waals surface area contributed by atoms with E-state index in [9.17, 15) is 4.79 Å². The van der Waals surface area contributed by atoms with Crippen LogP contribution in [0.1, 0.15) is 37.3 Å². The fourth-order valence-electron chi connectivity index (χ4n) is 2.19. The lowest BCUT2D eigenvalue weighted by molar-refractivity contribution is -0.123. The average molecular weight is 250 g/mol. The van der Waals surface area contributed by atoms with E-state index in [1.165, 1.54) is 18.4 Å². The van der Waals surface area contributed by atoms with Gasteiger partial charge in [-0.05, 0) is 49.3 Å². The monoisotopic (exact) mass is 249 g/mol. The normalized spacial score (nSPS) is 21.0. The highest BCUT2D eigenvalue weighted by molar-refractivity contribution is 6.30. The van der Waals surface area contributed by atoms with Gasteiger partial charge >= 0.3 is 0 Å². The summed E-state index contributed by atoms with van der Waals surface area (Å²) in [7, 11) is 0.